The molecule has 2 heterocycles. The molecule has 0 bridgehead atoms. The van der Waals surface area contributed by atoms with Crippen LogP contribution in [0.2, 0.25) is 0 Å². The third-order valence-corrected chi connectivity index (χ3v) is 7.36. The van der Waals surface area contributed by atoms with Crippen molar-refractivity contribution in [2.24, 2.45) is 0 Å². The lowest BCUT2D eigenvalue weighted by molar-refractivity contribution is -0.137. The van der Waals surface area contributed by atoms with Gasteiger partial charge in [-0.15, -0.1) is 11.3 Å². The van der Waals surface area contributed by atoms with Crippen molar-refractivity contribution in [2.45, 2.75) is 11.1 Å². The average molecular weight is 496 g/mol. The van der Waals surface area contributed by atoms with Gasteiger partial charge in [0.15, 0.2) is 9.84 Å². The number of hydrogen-bond acceptors (Lipinski definition) is 6. The van der Waals surface area contributed by atoms with E-state index < -0.39 is 21.6 Å². The zero-order valence-electron chi connectivity index (χ0n) is 17.5. The molecule has 0 N–H and O–H groups in total. The van der Waals surface area contributed by atoms with Gasteiger partial charge < -0.3 is 9.80 Å². The second-order valence-electron chi connectivity index (χ2n) is 7.64. The summed E-state index contributed by atoms with van der Waals surface area (Å²) >= 11 is 1.35. The van der Waals surface area contributed by atoms with Crippen LogP contribution in [-0.2, 0) is 16.0 Å². The predicted molar refractivity (Wildman–Crippen MR) is 120 cm³/mol. The Balaban J connectivity index is 1.54. The van der Waals surface area contributed by atoms with E-state index in [1.807, 2.05) is 4.90 Å². The van der Waals surface area contributed by atoms with Gasteiger partial charge in [0.25, 0.3) is 5.91 Å². The zero-order chi connectivity index (χ0) is 23.8. The molecule has 1 aromatic heterocycles. The summed E-state index contributed by atoms with van der Waals surface area (Å²) in [5, 5.41) is 2.39. The second-order valence-corrected chi connectivity index (χ2v) is 10.6. The van der Waals surface area contributed by atoms with Crippen LogP contribution in [0.4, 0.5) is 18.9 Å². The largest absolute Gasteiger partial charge is 0.416 e. The molecule has 0 saturated carbocycles. The first-order chi connectivity index (χ1) is 15.5. The van der Waals surface area contributed by atoms with E-state index in [1.54, 1.807) is 22.5 Å². The molecule has 1 amide bonds. The van der Waals surface area contributed by atoms with Crippen LogP contribution in [0.3, 0.4) is 0 Å². The standard InChI is InChI=1S/C22H20F3N3O3S2/c1-33(30,31)17-6-7-18(20-26-8-13-32-20)19(14-17)21(29)28-11-9-27(10-12-28)16-4-2-15(3-5-16)22(23,24)25/h2-8,13-14H,9-12H2,1H3. The first-order valence-corrected chi connectivity index (χ1v) is 12.8. The van der Waals surface area contributed by atoms with E-state index in [0.29, 0.717) is 42.4 Å². The molecule has 1 aliphatic rings. The molecule has 33 heavy (non-hydrogen) atoms. The number of nitrogens with zero attached hydrogens (tertiary/aromatic N) is 3. The van der Waals surface area contributed by atoms with Crippen LogP contribution in [0.15, 0.2) is 58.9 Å². The Morgan fingerprint density at radius 3 is 2.24 bits per heavy atom. The minimum atomic E-state index is -4.39. The molecule has 1 saturated heterocycles. The van der Waals surface area contributed by atoms with Crippen molar-refractivity contribution in [1.29, 1.82) is 0 Å². The predicted octanol–water partition coefficient (Wildman–Crippen LogP) is 4.19. The maximum absolute atomic E-state index is 13.4. The number of carbonyl (C=O) groups excluding carboxylic acids is 1. The number of hydrogen-bond donors (Lipinski definition) is 0. The number of anilines is 1. The molecule has 0 aliphatic carbocycles. The van der Waals surface area contributed by atoms with Gasteiger partial charge in [-0.1, -0.05) is 0 Å². The maximum Gasteiger partial charge on any atom is 0.416 e. The van der Waals surface area contributed by atoms with Gasteiger partial charge in [-0.2, -0.15) is 13.2 Å². The minimum Gasteiger partial charge on any atom is -0.368 e. The minimum absolute atomic E-state index is 0.0505. The van der Waals surface area contributed by atoms with Crippen molar-refractivity contribution >= 4 is 32.8 Å². The molecule has 0 unspecified atom stereocenters. The van der Waals surface area contributed by atoms with Crippen LogP contribution < -0.4 is 4.90 Å². The first kappa shape index (κ1) is 23.2. The Morgan fingerprint density at radius 1 is 1.03 bits per heavy atom. The van der Waals surface area contributed by atoms with Gasteiger partial charge in [-0.3, -0.25) is 4.79 Å². The quantitative estimate of drug-likeness (QED) is 0.543. The maximum atomic E-state index is 13.4. The number of halogens is 3. The van der Waals surface area contributed by atoms with Gasteiger partial charge in [0.1, 0.15) is 5.01 Å². The number of alkyl halides is 3. The number of rotatable bonds is 4. The normalized spacial score (nSPS) is 15.0. The van der Waals surface area contributed by atoms with Crippen LogP contribution in [0.5, 0.6) is 0 Å². The molecule has 0 atom stereocenters. The van der Waals surface area contributed by atoms with Crippen molar-refractivity contribution in [3.05, 3.63) is 65.2 Å². The van der Waals surface area contributed by atoms with E-state index in [1.165, 1.54) is 35.6 Å². The highest BCUT2D eigenvalue weighted by Crippen LogP contribution is 2.32. The number of carbonyl (C=O) groups is 1. The summed E-state index contributed by atoms with van der Waals surface area (Å²) in [5.74, 6) is -0.308. The SMILES string of the molecule is CS(=O)(=O)c1ccc(-c2nccs2)c(C(=O)N2CCN(c3ccc(C(F)(F)F)cc3)CC2)c1. The molecule has 2 aromatic carbocycles. The highest BCUT2D eigenvalue weighted by atomic mass is 32.2. The molecule has 6 nitrogen and oxygen atoms in total. The van der Waals surface area contributed by atoms with E-state index in [-0.39, 0.29) is 16.4 Å². The molecule has 174 valence electrons. The number of aromatic nitrogens is 1. The molecular weight excluding hydrogens is 475 g/mol. The number of thiazole rings is 1. The van der Waals surface area contributed by atoms with Crippen LogP contribution in [0.25, 0.3) is 10.6 Å². The third kappa shape index (κ3) is 5.03. The van der Waals surface area contributed by atoms with Crippen LogP contribution in [0.1, 0.15) is 15.9 Å². The number of amides is 1. The molecule has 4 rings (SSSR count). The van der Waals surface area contributed by atoms with Crippen molar-refractivity contribution < 1.29 is 26.4 Å². The Kier molecular flexibility index (Phi) is 6.19. The summed E-state index contributed by atoms with van der Waals surface area (Å²) in [6, 6.07) is 9.39. The Bertz CT molecular complexity index is 1250. The van der Waals surface area contributed by atoms with Crippen LogP contribution in [-0.4, -0.2) is 56.6 Å². The van der Waals surface area contributed by atoms with E-state index in [9.17, 15) is 26.4 Å². The highest BCUT2D eigenvalue weighted by molar-refractivity contribution is 7.90. The highest BCUT2D eigenvalue weighted by Gasteiger charge is 2.31. The summed E-state index contributed by atoms with van der Waals surface area (Å²) in [6.45, 7) is 1.57. The van der Waals surface area contributed by atoms with Gasteiger partial charge in [-0.05, 0) is 42.5 Å². The topological polar surface area (TPSA) is 70.6 Å². The monoisotopic (exact) mass is 495 g/mol. The molecular formula is C22H20F3N3O3S2. The van der Waals surface area contributed by atoms with Gasteiger partial charge >= 0.3 is 6.18 Å². The van der Waals surface area contributed by atoms with Crippen molar-refractivity contribution in [3.63, 3.8) is 0 Å². The fourth-order valence-electron chi connectivity index (χ4n) is 3.67. The lowest BCUT2D eigenvalue weighted by Gasteiger charge is -2.36. The second kappa shape index (κ2) is 8.79. The van der Waals surface area contributed by atoms with Gasteiger partial charge in [0.2, 0.25) is 0 Å². The van der Waals surface area contributed by atoms with Crippen molar-refractivity contribution in [3.8, 4) is 10.6 Å². The smallest absolute Gasteiger partial charge is 0.368 e. The van der Waals surface area contributed by atoms with E-state index in [2.05, 4.69) is 4.98 Å². The molecule has 1 fully saturated rings. The summed E-state index contributed by atoms with van der Waals surface area (Å²) in [4.78, 5) is 21.2. The Labute approximate surface area is 193 Å². The van der Waals surface area contributed by atoms with Crippen molar-refractivity contribution in [1.82, 2.24) is 9.88 Å². The van der Waals surface area contributed by atoms with Crippen LogP contribution in [0, 0.1) is 0 Å². The fourth-order valence-corrected chi connectivity index (χ4v) is 5.00. The van der Waals surface area contributed by atoms with E-state index in [4.69, 9.17) is 0 Å². The number of piperazine rings is 1. The molecule has 0 radical (unpaired) electrons. The fraction of sp³-hybridized carbons (Fsp3) is 0.273. The molecule has 3 aromatic rings. The van der Waals surface area contributed by atoms with E-state index >= 15 is 0 Å². The van der Waals surface area contributed by atoms with Crippen LogP contribution >= 0.6 is 11.3 Å². The summed E-state index contributed by atoms with van der Waals surface area (Å²) in [7, 11) is -3.51. The molecule has 0 spiro atoms. The lowest BCUT2D eigenvalue weighted by atomic mass is 10.1. The number of benzene rings is 2. The molecule has 11 heteroatoms. The lowest BCUT2D eigenvalue weighted by Crippen LogP contribution is -2.49. The number of sulfone groups is 1. The van der Waals surface area contributed by atoms with Gasteiger partial charge in [0.05, 0.1) is 16.0 Å². The van der Waals surface area contributed by atoms with Gasteiger partial charge in [-0.25, -0.2) is 13.4 Å². The summed E-state index contributed by atoms with van der Waals surface area (Å²) < 4.78 is 62.5. The Hall–Kier alpha value is -2.92. The summed E-state index contributed by atoms with van der Waals surface area (Å²) in [5.41, 5.74) is 0.765. The summed E-state index contributed by atoms with van der Waals surface area (Å²) in [6.07, 6.45) is -1.69. The van der Waals surface area contributed by atoms with E-state index in [0.717, 1.165) is 18.4 Å². The Morgan fingerprint density at radius 2 is 1.70 bits per heavy atom. The first-order valence-electron chi connectivity index (χ1n) is 9.99. The van der Waals surface area contributed by atoms with Gasteiger partial charge in [0, 0.05) is 55.3 Å². The van der Waals surface area contributed by atoms with Crippen molar-refractivity contribution in [2.75, 3.05) is 37.3 Å². The third-order valence-electron chi connectivity index (χ3n) is 5.44. The average Bonchev–Trinajstić information content (AvgIpc) is 3.32. The molecule has 1 aliphatic heterocycles. The zero-order valence-corrected chi connectivity index (χ0v) is 19.2.